The number of nitrogens with one attached hydrogen (secondary N) is 2. The molecule has 2 amide bonds. The minimum Gasteiger partial charge on any atom is -0.338 e. The van der Waals surface area contributed by atoms with Gasteiger partial charge in [-0.05, 0) is 66.6 Å². The normalized spacial score (nSPS) is 13.8. The number of rotatable bonds is 11. The highest BCUT2D eigenvalue weighted by atomic mass is 32.2. The molecule has 0 saturated heterocycles. The molecule has 2 aromatic carbocycles. The van der Waals surface area contributed by atoms with Gasteiger partial charge in [-0.15, -0.1) is 0 Å². The molecule has 0 radical (unpaired) electrons. The fourth-order valence-electron chi connectivity index (χ4n) is 3.67. The van der Waals surface area contributed by atoms with Gasteiger partial charge in [0.05, 0.1) is 11.3 Å². The van der Waals surface area contributed by atoms with E-state index >= 15 is 0 Å². The lowest BCUT2D eigenvalue weighted by atomic mass is 10.1. The topological polar surface area (TPSA) is 95.6 Å². The summed E-state index contributed by atoms with van der Waals surface area (Å²) in [6, 6.07) is 13.3. The molecule has 0 heterocycles. The second-order valence-corrected chi connectivity index (χ2v) is 11.6. The van der Waals surface area contributed by atoms with E-state index in [1.54, 1.807) is 36.4 Å². The first-order chi connectivity index (χ1) is 16.0. The van der Waals surface area contributed by atoms with E-state index in [0.29, 0.717) is 41.7 Å². The Morgan fingerprint density at radius 1 is 0.912 bits per heavy atom. The molecule has 8 heteroatoms. The van der Waals surface area contributed by atoms with Crippen molar-refractivity contribution in [1.29, 1.82) is 0 Å². The van der Waals surface area contributed by atoms with Gasteiger partial charge in [0.25, 0.3) is 5.91 Å². The van der Waals surface area contributed by atoms with Gasteiger partial charge in [-0.3, -0.25) is 9.59 Å². The number of benzene rings is 2. The van der Waals surface area contributed by atoms with Crippen LogP contribution in [-0.2, 0) is 21.2 Å². The predicted octanol–water partition coefficient (Wildman–Crippen LogP) is 4.06. The van der Waals surface area contributed by atoms with Crippen LogP contribution in [0.4, 0.5) is 5.69 Å². The summed E-state index contributed by atoms with van der Waals surface area (Å²) >= 11 is 0. The number of carbonyl (C=O) groups excluding carboxylic acids is 2. The van der Waals surface area contributed by atoms with E-state index in [4.69, 9.17) is 0 Å². The van der Waals surface area contributed by atoms with E-state index in [1.165, 1.54) is 12.1 Å². The summed E-state index contributed by atoms with van der Waals surface area (Å²) in [6.45, 7) is 9.78. The Labute approximate surface area is 203 Å². The van der Waals surface area contributed by atoms with Crippen molar-refractivity contribution in [2.75, 3.05) is 18.4 Å². The third-order valence-corrected chi connectivity index (χ3v) is 6.91. The molecule has 1 fully saturated rings. The van der Waals surface area contributed by atoms with Crippen molar-refractivity contribution in [1.82, 2.24) is 9.62 Å². The number of nitrogens with zero attached hydrogens (tertiary/aromatic N) is 1. The van der Waals surface area contributed by atoms with Crippen LogP contribution in [0.25, 0.3) is 0 Å². The fraction of sp³-hybridized carbons (Fsp3) is 0.462. The van der Waals surface area contributed by atoms with Gasteiger partial charge in [-0.2, -0.15) is 0 Å². The molecule has 3 rings (SSSR count). The van der Waals surface area contributed by atoms with E-state index in [2.05, 4.69) is 37.7 Å². The van der Waals surface area contributed by atoms with Crippen LogP contribution in [0.5, 0.6) is 0 Å². The molecule has 0 spiro atoms. The Kier molecular flexibility index (Phi) is 8.49. The molecule has 0 aromatic heterocycles. The number of carbonyl (C=O) groups is 2. The molecular formula is C26H35N3O4S. The second kappa shape index (κ2) is 11.1. The van der Waals surface area contributed by atoms with E-state index in [0.717, 1.165) is 12.8 Å². The number of amides is 2. The Hall–Kier alpha value is -2.71. The average molecular weight is 486 g/mol. The second-order valence-electron chi connectivity index (χ2n) is 9.84. The number of anilines is 1. The summed E-state index contributed by atoms with van der Waals surface area (Å²) in [4.78, 5) is 27.5. The standard InChI is InChI=1S/C26H35N3O4S/c1-18(2)16-29(17-19(3)4)26(31)21-7-9-22(10-8-21)27-25(30)15-20-5-13-24(14-6-20)34(32,33)28-23-11-12-23/h5-10,13-14,18-19,23,28H,11-12,15-17H2,1-4H3,(H,27,30). The molecule has 1 aliphatic rings. The van der Waals surface area contributed by atoms with Crippen LogP contribution in [0.3, 0.4) is 0 Å². The van der Waals surface area contributed by atoms with Crippen LogP contribution < -0.4 is 10.0 Å². The smallest absolute Gasteiger partial charge is 0.253 e. The molecule has 2 N–H and O–H groups in total. The number of sulfonamides is 1. The van der Waals surface area contributed by atoms with Crippen molar-refractivity contribution in [3.63, 3.8) is 0 Å². The largest absolute Gasteiger partial charge is 0.338 e. The molecule has 1 saturated carbocycles. The first-order valence-electron chi connectivity index (χ1n) is 11.8. The minimum absolute atomic E-state index is 0.00788. The zero-order valence-corrected chi connectivity index (χ0v) is 21.2. The maximum absolute atomic E-state index is 12.9. The van der Waals surface area contributed by atoms with E-state index < -0.39 is 10.0 Å². The quantitative estimate of drug-likeness (QED) is 0.502. The number of hydrogen-bond acceptors (Lipinski definition) is 4. The van der Waals surface area contributed by atoms with Gasteiger partial charge in [-0.1, -0.05) is 39.8 Å². The summed E-state index contributed by atoms with van der Waals surface area (Å²) < 4.78 is 27.2. The summed E-state index contributed by atoms with van der Waals surface area (Å²) in [7, 11) is -3.50. The predicted molar refractivity (Wildman–Crippen MR) is 134 cm³/mol. The number of hydrogen-bond donors (Lipinski definition) is 2. The molecule has 34 heavy (non-hydrogen) atoms. The lowest BCUT2D eigenvalue weighted by Gasteiger charge is -2.26. The Morgan fingerprint density at radius 3 is 1.97 bits per heavy atom. The summed E-state index contributed by atoms with van der Waals surface area (Å²) in [5, 5.41) is 2.83. The van der Waals surface area contributed by atoms with Crippen LogP contribution in [0.15, 0.2) is 53.4 Å². The van der Waals surface area contributed by atoms with Crippen molar-refractivity contribution in [3.05, 3.63) is 59.7 Å². The van der Waals surface area contributed by atoms with Crippen molar-refractivity contribution in [2.24, 2.45) is 11.8 Å². The third-order valence-electron chi connectivity index (χ3n) is 5.37. The molecular weight excluding hydrogens is 450 g/mol. The van der Waals surface area contributed by atoms with E-state index in [1.807, 2.05) is 4.90 Å². The first-order valence-corrected chi connectivity index (χ1v) is 13.3. The molecule has 0 atom stereocenters. The van der Waals surface area contributed by atoms with Gasteiger partial charge >= 0.3 is 0 Å². The van der Waals surface area contributed by atoms with E-state index in [-0.39, 0.29) is 29.2 Å². The van der Waals surface area contributed by atoms with Gasteiger partial charge in [0, 0.05) is 30.4 Å². The maximum Gasteiger partial charge on any atom is 0.253 e. The molecule has 0 aliphatic heterocycles. The van der Waals surface area contributed by atoms with Crippen molar-refractivity contribution >= 4 is 27.5 Å². The average Bonchev–Trinajstić information content (AvgIpc) is 3.56. The third kappa shape index (κ3) is 7.67. The highest BCUT2D eigenvalue weighted by Crippen LogP contribution is 2.22. The van der Waals surface area contributed by atoms with E-state index in [9.17, 15) is 18.0 Å². The van der Waals surface area contributed by atoms with Gasteiger partial charge in [-0.25, -0.2) is 13.1 Å². The van der Waals surface area contributed by atoms with Crippen molar-refractivity contribution in [2.45, 2.75) is 57.9 Å². The Morgan fingerprint density at radius 2 is 1.47 bits per heavy atom. The Balaban J connectivity index is 1.57. The van der Waals surface area contributed by atoms with Crippen LogP contribution in [0.2, 0.25) is 0 Å². The zero-order valence-electron chi connectivity index (χ0n) is 20.4. The highest BCUT2D eigenvalue weighted by molar-refractivity contribution is 7.89. The van der Waals surface area contributed by atoms with Gasteiger partial charge < -0.3 is 10.2 Å². The molecule has 0 bridgehead atoms. The first kappa shape index (κ1) is 25.9. The van der Waals surface area contributed by atoms with Crippen LogP contribution in [-0.4, -0.2) is 44.3 Å². The Bertz CT molecular complexity index is 1080. The molecule has 184 valence electrons. The van der Waals surface area contributed by atoms with Crippen LogP contribution >= 0.6 is 0 Å². The summed E-state index contributed by atoms with van der Waals surface area (Å²) in [5.41, 5.74) is 1.91. The van der Waals surface area contributed by atoms with Crippen molar-refractivity contribution in [3.8, 4) is 0 Å². The van der Waals surface area contributed by atoms with Crippen LogP contribution in [0, 0.1) is 11.8 Å². The molecule has 2 aromatic rings. The fourth-order valence-corrected chi connectivity index (χ4v) is 4.97. The lowest BCUT2D eigenvalue weighted by molar-refractivity contribution is -0.115. The molecule has 7 nitrogen and oxygen atoms in total. The summed E-state index contributed by atoms with van der Waals surface area (Å²) in [5.74, 6) is 0.535. The van der Waals surface area contributed by atoms with Gasteiger partial charge in [0.2, 0.25) is 15.9 Å². The maximum atomic E-state index is 12.9. The summed E-state index contributed by atoms with van der Waals surface area (Å²) in [6.07, 6.45) is 1.87. The van der Waals surface area contributed by atoms with Crippen molar-refractivity contribution < 1.29 is 18.0 Å². The minimum atomic E-state index is -3.50. The zero-order chi connectivity index (χ0) is 24.9. The van der Waals surface area contributed by atoms with Gasteiger partial charge in [0.15, 0.2) is 0 Å². The van der Waals surface area contributed by atoms with Gasteiger partial charge in [0.1, 0.15) is 0 Å². The highest BCUT2D eigenvalue weighted by Gasteiger charge is 2.27. The molecule has 1 aliphatic carbocycles. The lowest BCUT2D eigenvalue weighted by Crippen LogP contribution is -2.37. The SMILES string of the molecule is CC(C)CN(CC(C)C)C(=O)c1ccc(NC(=O)Cc2ccc(S(=O)(=O)NC3CC3)cc2)cc1. The van der Waals surface area contributed by atoms with Crippen LogP contribution in [0.1, 0.15) is 56.5 Å². The molecule has 0 unspecified atom stereocenters. The monoisotopic (exact) mass is 485 g/mol.